The molecule has 0 atom stereocenters. The summed E-state index contributed by atoms with van der Waals surface area (Å²) >= 11 is 0. The number of rotatable bonds is 4. The van der Waals surface area contributed by atoms with Gasteiger partial charge in [-0.2, -0.15) is 22.0 Å². The maximum absolute atomic E-state index is 12.2. The second-order valence-corrected chi connectivity index (χ2v) is 2.79. The highest BCUT2D eigenvalue weighted by atomic mass is 19.4. The molecule has 0 aliphatic carbocycles. The molecule has 8 heteroatoms. The molecule has 0 saturated heterocycles. The van der Waals surface area contributed by atoms with Crippen LogP contribution in [0.15, 0.2) is 0 Å². The van der Waals surface area contributed by atoms with Gasteiger partial charge in [0.25, 0.3) is 5.92 Å². The molecule has 86 valence electrons. The minimum atomic E-state index is -5.16. The van der Waals surface area contributed by atoms with Crippen LogP contribution < -0.4 is 0 Å². The standard InChI is InChI=1S/C6H7F7O/c1-4(7,8)3-14-6(12,13)2-5(9,10)11/h2-3H2,1H3. The van der Waals surface area contributed by atoms with E-state index >= 15 is 0 Å². The van der Waals surface area contributed by atoms with E-state index in [-0.39, 0.29) is 6.92 Å². The molecule has 0 rings (SSSR count). The highest BCUT2D eigenvalue weighted by Crippen LogP contribution is 2.33. The van der Waals surface area contributed by atoms with E-state index in [9.17, 15) is 30.7 Å². The second-order valence-electron chi connectivity index (χ2n) is 2.79. The van der Waals surface area contributed by atoms with E-state index in [1.54, 1.807) is 0 Å². The predicted molar refractivity (Wildman–Crippen MR) is 32.2 cm³/mol. The summed E-state index contributed by atoms with van der Waals surface area (Å²) in [6.45, 7) is -1.49. The summed E-state index contributed by atoms with van der Waals surface area (Å²) in [7, 11) is 0. The van der Waals surface area contributed by atoms with Gasteiger partial charge in [0.2, 0.25) is 0 Å². The third-order valence-electron chi connectivity index (χ3n) is 0.943. The molecular weight excluding hydrogens is 221 g/mol. The Morgan fingerprint density at radius 2 is 1.36 bits per heavy atom. The fraction of sp³-hybridized carbons (Fsp3) is 1.00. The summed E-state index contributed by atoms with van der Waals surface area (Å²) in [6.07, 6.45) is -12.3. The van der Waals surface area contributed by atoms with Gasteiger partial charge in [0.15, 0.2) is 0 Å². The first-order valence-corrected chi connectivity index (χ1v) is 3.38. The van der Waals surface area contributed by atoms with Crippen LogP contribution in [-0.4, -0.2) is 24.8 Å². The summed E-state index contributed by atoms with van der Waals surface area (Å²) in [6, 6.07) is 0. The Labute approximate surface area is 74.8 Å². The zero-order valence-corrected chi connectivity index (χ0v) is 6.97. The van der Waals surface area contributed by atoms with Gasteiger partial charge in [-0.25, -0.2) is 8.78 Å². The van der Waals surface area contributed by atoms with Crippen LogP contribution in [0.2, 0.25) is 0 Å². The molecular formula is C6H7F7O. The van der Waals surface area contributed by atoms with Gasteiger partial charge in [-0.3, -0.25) is 0 Å². The van der Waals surface area contributed by atoms with E-state index < -0.39 is 31.2 Å². The van der Waals surface area contributed by atoms with Gasteiger partial charge in [0.05, 0.1) is 0 Å². The third kappa shape index (κ3) is 8.09. The Morgan fingerprint density at radius 3 is 1.64 bits per heavy atom. The topological polar surface area (TPSA) is 9.23 Å². The van der Waals surface area contributed by atoms with Crippen molar-refractivity contribution < 1.29 is 35.5 Å². The van der Waals surface area contributed by atoms with Crippen molar-refractivity contribution in [2.75, 3.05) is 6.61 Å². The lowest BCUT2D eigenvalue weighted by Gasteiger charge is -2.20. The summed E-state index contributed by atoms with van der Waals surface area (Å²) in [4.78, 5) is 0. The molecule has 0 heterocycles. The minimum absolute atomic E-state index is 0.261. The van der Waals surface area contributed by atoms with Crippen LogP contribution in [0.1, 0.15) is 13.3 Å². The van der Waals surface area contributed by atoms with Crippen LogP contribution in [-0.2, 0) is 4.74 Å². The number of hydrogen-bond donors (Lipinski definition) is 0. The fourth-order valence-electron chi connectivity index (χ4n) is 0.517. The molecule has 0 aromatic rings. The molecule has 14 heavy (non-hydrogen) atoms. The van der Waals surface area contributed by atoms with Crippen LogP contribution in [0.5, 0.6) is 0 Å². The average molecular weight is 228 g/mol. The first kappa shape index (κ1) is 13.5. The lowest BCUT2D eigenvalue weighted by Crippen LogP contribution is -2.33. The van der Waals surface area contributed by atoms with Gasteiger partial charge in [-0.15, -0.1) is 0 Å². The lowest BCUT2D eigenvalue weighted by atomic mass is 10.4. The van der Waals surface area contributed by atoms with Crippen molar-refractivity contribution in [3.8, 4) is 0 Å². The summed E-state index contributed by atoms with van der Waals surface area (Å²) in [5.74, 6) is -3.59. The zero-order valence-electron chi connectivity index (χ0n) is 6.97. The van der Waals surface area contributed by atoms with Crippen molar-refractivity contribution in [1.82, 2.24) is 0 Å². The van der Waals surface area contributed by atoms with E-state index in [0.717, 1.165) is 0 Å². The van der Waals surface area contributed by atoms with Crippen LogP contribution in [0.4, 0.5) is 30.7 Å². The molecule has 0 aromatic carbocycles. The summed E-state index contributed by atoms with van der Waals surface area (Å²) in [5.41, 5.74) is 0. The first-order chi connectivity index (χ1) is 5.91. The predicted octanol–water partition coefficient (Wildman–Crippen LogP) is 3.20. The van der Waals surface area contributed by atoms with Crippen LogP contribution in [0.3, 0.4) is 0 Å². The van der Waals surface area contributed by atoms with Gasteiger partial charge in [-0.1, -0.05) is 0 Å². The average Bonchev–Trinajstić information content (AvgIpc) is 1.76. The Kier molecular flexibility index (Phi) is 3.77. The van der Waals surface area contributed by atoms with Gasteiger partial charge >= 0.3 is 12.3 Å². The minimum Gasteiger partial charge on any atom is -0.314 e. The highest BCUT2D eigenvalue weighted by Gasteiger charge is 2.46. The van der Waals surface area contributed by atoms with E-state index in [1.807, 2.05) is 0 Å². The highest BCUT2D eigenvalue weighted by molar-refractivity contribution is 4.63. The smallest absolute Gasteiger partial charge is 0.314 e. The number of alkyl halides is 7. The molecule has 0 bridgehead atoms. The molecule has 0 aliphatic rings. The maximum atomic E-state index is 12.2. The number of hydrogen-bond acceptors (Lipinski definition) is 1. The quantitative estimate of drug-likeness (QED) is 0.671. The molecule has 0 radical (unpaired) electrons. The number of ether oxygens (including phenoxy) is 1. The Bertz CT molecular complexity index is 180. The third-order valence-corrected chi connectivity index (χ3v) is 0.943. The van der Waals surface area contributed by atoms with Gasteiger partial charge in [0.1, 0.15) is 13.0 Å². The SMILES string of the molecule is CC(F)(F)COC(F)(F)CC(F)(F)F. The second kappa shape index (κ2) is 3.92. The normalized spacial score (nSPS) is 14.6. The van der Waals surface area contributed by atoms with E-state index in [1.165, 1.54) is 0 Å². The molecule has 0 N–H and O–H groups in total. The molecule has 0 amide bonds. The molecule has 0 spiro atoms. The van der Waals surface area contributed by atoms with Crippen LogP contribution in [0.25, 0.3) is 0 Å². The largest absolute Gasteiger partial charge is 0.397 e. The molecule has 0 saturated carbocycles. The van der Waals surface area contributed by atoms with Gasteiger partial charge in [0, 0.05) is 6.92 Å². The maximum Gasteiger partial charge on any atom is 0.397 e. The van der Waals surface area contributed by atoms with Crippen molar-refractivity contribution in [3.63, 3.8) is 0 Å². The molecule has 0 fully saturated rings. The zero-order chi connectivity index (χ0) is 11.6. The molecule has 1 nitrogen and oxygen atoms in total. The van der Waals surface area contributed by atoms with Crippen LogP contribution in [0, 0.1) is 0 Å². The van der Waals surface area contributed by atoms with E-state index in [0.29, 0.717) is 0 Å². The molecule has 0 aliphatic heterocycles. The first-order valence-electron chi connectivity index (χ1n) is 3.38. The molecule has 0 unspecified atom stereocenters. The van der Waals surface area contributed by atoms with Crippen molar-refractivity contribution in [1.29, 1.82) is 0 Å². The van der Waals surface area contributed by atoms with Crippen molar-refractivity contribution in [2.24, 2.45) is 0 Å². The summed E-state index contributed by atoms with van der Waals surface area (Å²) < 4.78 is 85.7. The van der Waals surface area contributed by atoms with Gasteiger partial charge in [-0.05, 0) is 0 Å². The van der Waals surface area contributed by atoms with Crippen molar-refractivity contribution >= 4 is 0 Å². The van der Waals surface area contributed by atoms with Crippen molar-refractivity contribution in [2.45, 2.75) is 31.6 Å². The van der Waals surface area contributed by atoms with E-state index in [2.05, 4.69) is 4.74 Å². The van der Waals surface area contributed by atoms with Crippen molar-refractivity contribution in [3.05, 3.63) is 0 Å². The van der Waals surface area contributed by atoms with E-state index in [4.69, 9.17) is 0 Å². The fourth-order valence-corrected chi connectivity index (χ4v) is 0.517. The Morgan fingerprint density at radius 1 is 0.929 bits per heavy atom. The Hall–Kier alpha value is -0.530. The number of halogens is 7. The molecule has 0 aromatic heterocycles. The van der Waals surface area contributed by atoms with Gasteiger partial charge < -0.3 is 4.74 Å². The van der Waals surface area contributed by atoms with Crippen LogP contribution >= 0.6 is 0 Å². The Balaban J connectivity index is 4.09. The monoisotopic (exact) mass is 228 g/mol. The lowest BCUT2D eigenvalue weighted by molar-refractivity contribution is -0.307. The summed E-state index contributed by atoms with van der Waals surface area (Å²) in [5, 5.41) is 0.